The molecule has 110 valence electrons. The quantitative estimate of drug-likeness (QED) is 0.294. The summed E-state index contributed by atoms with van der Waals surface area (Å²) < 4.78 is 9.30. The molecule has 0 amide bonds. The Kier molecular flexibility index (Phi) is 11.8. The molecule has 19 heavy (non-hydrogen) atoms. The van der Waals surface area contributed by atoms with Gasteiger partial charge in [0.25, 0.3) is 0 Å². The van der Waals surface area contributed by atoms with E-state index in [1.807, 2.05) is 13.8 Å². The maximum atomic E-state index is 7.85. The van der Waals surface area contributed by atoms with Crippen molar-refractivity contribution in [1.82, 2.24) is 0 Å². The summed E-state index contributed by atoms with van der Waals surface area (Å²) >= 11 is 3.93. The van der Waals surface area contributed by atoms with Gasteiger partial charge in [0.2, 0.25) is 5.90 Å². The Bertz CT molecular complexity index is 311. The number of hydrogen-bond acceptors (Lipinski definition) is 4. The Morgan fingerprint density at radius 2 is 2.11 bits per heavy atom. The van der Waals surface area contributed by atoms with Gasteiger partial charge in [-0.2, -0.15) is 0 Å². The number of unbranched alkanes of at least 4 members (excludes halogenated alkanes) is 3. The van der Waals surface area contributed by atoms with Crippen LogP contribution in [0.4, 0.5) is 0 Å². The highest BCUT2D eigenvalue weighted by Crippen LogP contribution is 2.20. The SMILES string of the molecule is CC.CCCCCCOC(=N)/C(=N\S)C1=CCCC1. The molecule has 0 saturated heterocycles. The molecule has 0 aromatic rings. The lowest BCUT2D eigenvalue weighted by molar-refractivity contribution is 0.296. The maximum Gasteiger partial charge on any atom is 0.233 e. The molecule has 0 atom stereocenters. The summed E-state index contributed by atoms with van der Waals surface area (Å²) in [5.41, 5.74) is 1.72. The minimum absolute atomic E-state index is 0.171. The first-order valence-electron chi connectivity index (χ1n) is 7.42. The average molecular weight is 284 g/mol. The zero-order valence-corrected chi connectivity index (χ0v) is 13.4. The highest BCUT2D eigenvalue weighted by Gasteiger charge is 2.16. The molecular formula is C15H28N2OS. The number of hydrogen-bond donors (Lipinski definition) is 2. The molecule has 0 saturated carbocycles. The van der Waals surface area contributed by atoms with Gasteiger partial charge < -0.3 is 4.74 Å². The van der Waals surface area contributed by atoms with Crippen molar-refractivity contribution in [1.29, 1.82) is 5.41 Å². The van der Waals surface area contributed by atoms with E-state index in [0.29, 0.717) is 12.3 Å². The van der Waals surface area contributed by atoms with Crippen molar-refractivity contribution >= 4 is 24.4 Å². The average Bonchev–Trinajstić information content (AvgIpc) is 2.95. The first-order chi connectivity index (χ1) is 9.29. The van der Waals surface area contributed by atoms with Gasteiger partial charge in [-0.15, -0.1) is 0 Å². The first-order valence-corrected chi connectivity index (χ1v) is 7.82. The van der Waals surface area contributed by atoms with E-state index in [0.717, 1.165) is 31.3 Å². The summed E-state index contributed by atoms with van der Waals surface area (Å²) in [6.07, 6.45) is 9.96. The van der Waals surface area contributed by atoms with Crippen molar-refractivity contribution in [3.63, 3.8) is 0 Å². The predicted octanol–water partition coefficient (Wildman–Crippen LogP) is 4.98. The molecule has 1 aliphatic carbocycles. The number of nitrogens with zero attached hydrogens (tertiary/aromatic N) is 1. The third-order valence-corrected chi connectivity index (χ3v) is 3.10. The van der Waals surface area contributed by atoms with Crippen LogP contribution in [0.2, 0.25) is 0 Å². The summed E-state index contributed by atoms with van der Waals surface area (Å²) in [6.45, 7) is 6.79. The molecular weight excluding hydrogens is 256 g/mol. The van der Waals surface area contributed by atoms with Gasteiger partial charge in [0.05, 0.1) is 6.61 Å². The van der Waals surface area contributed by atoms with Gasteiger partial charge in [0, 0.05) is 0 Å². The van der Waals surface area contributed by atoms with Crippen LogP contribution in [0.15, 0.2) is 16.0 Å². The Morgan fingerprint density at radius 1 is 1.37 bits per heavy atom. The van der Waals surface area contributed by atoms with Crippen LogP contribution >= 0.6 is 12.8 Å². The Hall–Kier alpha value is -0.770. The number of nitrogens with one attached hydrogen (secondary N) is 1. The topological polar surface area (TPSA) is 45.4 Å². The molecule has 0 radical (unpaired) electrons. The van der Waals surface area contributed by atoms with E-state index in [-0.39, 0.29) is 5.90 Å². The minimum atomic E-state index is 0.171. The van der Waals surface area contributed by atoms with Crippen LogP contribution in [-0.2, 0) is 4.74 Å². The normalized spacial score (nSPS) is 14.5. The molecule has 1 rings (SSSR count). The molecule has 0 aromatic heterocycles. The fourth-order valence-electron chi connectivity index (χ4n) is 1.91. The van der Waals surface area contributed by atoms with Gasteiger partial charge in [0.15, 0.2) is 0 Å². The molecule has 0 fully saturated rings. The second kappa shape index (κ2) is 12.3. The van der Waals surface area contributed by atoms with E-state index in [1.54, 1.807) is 0 Å². The molecule has 0 spiro atoms. The van der Waals surface area contributed by atoms with Crippen LogP contribution in [0.3, 0.4) is 0 Å². The van der Waals surface area contributed by atoms with E-state index in [1.165, 1.54) is 19.3 Å². The number of ether oxygens (including phenoxy) is 1. The number of rotatable bonds is 7. The lowest BCUT2D eigenvalue weighted by Crippen LogP contribution is -2.18. The highest BCUT2D eigenvalue weighted by atomic mass is 32.1. The smallest absolute Gasteiger partial charge is 0.233 e. The highest BCUT2D eigenvalue weighted by molar-refractivity contribution is 7.79. The number of thiol groups is 1. The van der Waals surface area contributed by atoms with Crippen molar-refractivity contribution in [2.75, 3.05) is 6.61 Å². The van der Waals surface area contributed by atoms with E-state index in [9.17, 15) is 0 Å². The van der Waals surface area contributed by atoms with Gasteiger partial charge in [-0.1, -0.05) is 46.1 Å². The summed E-state index contributed by atoms with van der Waals surface area (Å²) in [5.74, 6) is 0.171. The zero-order chi connectivity index (χ0) is 14.5. The molecule has 0 aliphatic heterocycles. The minimum Gasteiger partial charge on any atom is -0.477 e. The zero-order valence-electron chi connectivity index (χ0n) is 12.5. The van der Waals surface area contributed by atoms with Crippen LogP contribution in [0.5, 0.6) is 0 Å². The van der Waals surface area contributed by atoms with Crippen molar-refractivity contribution in [3.05, 3.63) is 11.6 Å². The van der Waals surface area contributed by atoms with Crippen LogP contribution in [0.1, 0.15) is 65.7 Å². The van der Waals surface area contributed by atoms with Crippen LogP contribution in [0, 0.1) is 5.41 Å². The maximum absolute atomic E-state index is 7.85. The van der Waals surface area contributed by atoms with Crippen molar-refractivity contribution in [2.45, 2.75) is 65.7 Å². The monoisotopic (exact) mass is 284 g/mol. The van der Waals surface area contributed by atoms with Crippen LogP contribution in [-0.4, -0.2) is 18.2 Å². The fourth-order valence-corrected chi connectivity index (χ4v) is 2.13. The van der Waals surface area contributed by atoms with E-state index >= 15 is 0 Å². The molecule has 0 bridgehead atoms. The Labute approximate surface area is 123 Å². The van der Waals surface area contributed by atoms with Gasteiger partial charge in [-0.25, -0.2) is 4.40 Å². The first kappa shape index (κ1) is 18.2. The third-order valence-electron chi connectivity index (χ3n) is 2.90. The fraction of sp³-hybridized carbons (Fsp3) is 0.733. The van der Waals surface area contributed by atoms with Gasteiger partial charge in [0.1, 0.15) is 5.71 Å². The summed E-state index contributed by atoms with van der Waals surface area (Å²) in [7, 11) is 0. The van der Waals surface area contributed by atoms with Gasteiger partial charge >= 0.3 is 0 Å². The van der Waals surface area contributed by atoms with Crippen LogP contribution in [0.25, 0.3) is 0 Å². The van der Waals surface area contributed by atoms with E-state index in [4.69, 9.17) is 10.1 Å². The van der Waals surface area contributed by atoms with Crippen molar-refractivity contribution < 1.29 is 4.74 Å². The molecule has 0 unspecified atom stereocenters. The number of allylic oxidation sites excluding steroid dienone is 1. The van der Waals surface area contributed by atoms with Crippen molar-refractivity contribution in [3.8, 4) is 0 Å². The molecule has 1 aliphatic rings. The van der Waals surface area contributed by atoms with Crippen molar-refractivity contribution in [2.24, 2.45) is 4.40 Å². The van der Waals surface area contributed by atoms with Gasteiger partial charge in [-0.05, 0) is 44.1 Å². The van der Waals surface area contributed by atoms with E-state index < -0.39 is 0 Å². The Balaban J connectivity index is 0.00000154. The molecule has 0 aromatic carbocycles. The third kappa shape index (κ3) is 7.41. The largest absolute Gasteiger partial charge is 0.477 e. The summed E-state index contributed by atoms with van der Waals surface area (Å²) in [4.78, 5) is 0. The summed E-state index contributed by atoms with van der Waals surface area (Å²) in [5, 5.41) is 7.85. The lowest BCUT2D eigenvalue weighted by Gasteiger charge is -2.09. The predicted molar refractivity (Wildman–Crippen MR) is 87.5 cm³/mol. The summed E-state index contributed by atoms with van der Waals surface area (Å²) in [6, 6.07) is 0. The van der Waals surface area contributed by atoms with Gasteiger partial charge in [-0.3, -0.25) is 5.41 Å². The Morgan fingerprint density at radius 3 is 2.63 bits per heavy atom. The lowest BCUT2D eigenvalue weighted by atomic mass is 10.1. The molecule has 4 heteroatoms. The molecule has 1 N–H and O–H groups in total. The molecule has 0 heterocycles. The van der Waals surface area contributed by atoms with Crippen LogP contribution < -0.4 is 0 Å². The second-order valence-corrected chi connectivity index (χ2v) is 4.51. The van der Waals surface area contributed by atoms with E-state index in [2.05, 4.69) is 30.2 Å². The second-order valence-electron chi connectivity index (χ2n) is 4.31. The standard InChI is InChI=1S/C13H22N2OS.C2H6/c1-2-3-4-7-10-16-13(14)12(15-17)11-8-5-6-9-11;1-2/h8,14,17H,2-7,9-10H2,1H3;1-2H3/b14-13?,15-12-;. The molecule has 3 nitrogen and oxygen atoms in total.